The van der Waals surface area contributed by atoms with Crippen LogP contribution in [-0.2, 0) is 0 Å². The zero-order chi connectivity index (χ0) is 6.62. The molecule has 0 saturated heterocycles. The summed E-state index contributed by atoms with van der Waals surface area (Å²) in [5.41, 5.74) is 0. The van der Waals surface area contributed by atoms with E-state index in [1.807, 2.05) is 0 Å². The van der Waals surface area contributed by atoms with E-state index in [1.54, 1.807) is 0 Å². The molecule has 0 aliphatic heterocycles. The molecule has 1 heteroatoms. The molecule has 0 nitrogen and oxygen atoms in total. The maximum absolute atomic E-state index is 2.39. The molecule has 1 atom stereocenters. The molecule has 0 N–H and O–H groups in total. The van der Waals surface area contributed by atoms with E-state index in [2.05, 4.69) is 20.8 Å². The van der Waals surface area contributed by atoms with E-state index in [1.165, 1.54) is 29.5 Å². The molecule has 50 valence electrons. The van der Waals surface area contributed by atoms with Crippen molar-refractivity contribution in [2.75, 3.05) is 0 Å². The molecule has 0 rings (SSSR count). The fourth-order valence-corrected chi connectivity index (χ4v) is 1.35. The van der Waals surface area contributed by atoms with Gasteiger partial charge in [0.05, 0.1) is 0 Å². The van der Waals surface area contributed by atoms with E-state index in [0.29, 0.717) is 0 Å². The van der Waals surface area contributed by atoms with E-state index in [9.17, 15) is 0 Å². The van der Waals surface area contributed by atoms with Gasteiger partial charge in [0.2, 0.25) is 0 Å². The minimum atomic E-state index is 0.731. The summed E-state index contributed by atoms with van der Waals surface area (Å²) in [6, 6.07) is 0. The minimum Gasteiger partial charge on any atom is -0.0654 e. The van der Waals surface area contributed by atoms with Crippen molar-refractivity contribution in [3.8, 4) is 0 Å². The second kappa shape index (κ2) is 3.28. The number of hydrogen-bond acceptors (Lipinski definition) is 0. The van der Waals surface area contributed by atoms with Crippen LogP contribution in [0.4, 0.5) is 0 Å². The third-order valence-electron chi connectivity index (χ3n) is 1.88. The second-order valence-electron chi connectivity index (χ2n) is 3.27. The highest BCUT2D eigenvalue weighted by molar-refractivity contribution is 6.14. The Labute approximate surface area is 56.1 Å². The van der Waals surface area contributed by atoms with Gasteiger partial charge >= 0.3 is 0 Å². The molecule has 0 amide bonds. The summed E-state index contributed by atoms with van der Waals surface area (Å²) in [5.74, 6) is 0. The van der Waals surface area contributed by atoms with Gasteiger partial charge in [0.1, 0.15) is 0 Å². The first-order chi connectivity index (χ1) is 3.62. The van der Waals surface area contributed by atoms with Crippen molar-refractivity contribution in [1.29, 1.82) is 0 Å². The predicted octanol–water partition coefficient (Wildman–Crippen LogP) is 1.74. The summed E-state index contributed by atoms with van der Waals surface area (Å²) < 4.78 is 0. The molecule has 0 aliphatic carbocycles. The molecule has 8 heavy (non-hydrogen) atoms. The van der Waals surface area contributed by atoms with Crippen LogP contribution in [0.25, 0.3) is 0 Å². The van der Waals surface area contributed by atoms with Gasteiger partial charge in [-0.25, -0.2) is 0 Å². The fraction of sp³-hybridized carbons (Fsp3) is 1.00. The van der Waals surface area contributed by atoms with E-state index in [4.69, 9.17) is 0 Å². The van der Waals surface area contributed by atoms with Crippen LogP contribution in [0.3, 0.4) is 0 Å². The van der Waals surface area contributed by atoms with Crippen molar-refractivity contribution in [2.24, 2.45) is 0 Å². The second-order valence-corrected chi connectivity index (χ2v) is 5.68. The lowest BCUT2D eigenvalue weighted by molar-refractivity contribution is 0.534. The Kier molecular flexibility index (Phi) is 3.37. The summed E-state index contributed by atoms with van der Waals surface area (Å²) in [4.78, 5) is 0. The largest absolute Gasteiger partial charge is 0.0654 e. The Balaban J connectivity index is 3.37. The Morgan fingerprint density at radius 3 is 2.00 bits per heavy atom. The predicted molar refractivity (Wildman–Crippen MR) is 43.5 cm³/mol. The quantitative estimate of drug-likeness (QED) is 0.511. The van der Waals surface area contributed by atoms with Crippen LogP contribution in [0.1, 0.15) is 40.0 Å². The van der Waals surface area contributed by atoms with Gasteiger partial charge < -0.3 is 0 Å². The third kappa shape index (κ3) is 3.25. The third-order valence-corrected chi connectivity index (χ3v) is 3.09. The number of hydrogen-bond donors (Lipinski definition) is 0. The molecule has 0 aromatic carbocycles. The zero-order valence-corrected chi connectivity index (χ0v) is 8.62. The highest BCUT2D eigenvalue weighted by atomic mass is 28.1. The van der Waals surface area contributed by atoms with Gasteiger partial charge in [-0.3, -0.25) is 0 Å². The smallest absolute Gasteiger partial charge is 0.0103 e. The monoisotopic (exact) mass is 130 g/mol. The van der Waals surface area contributed by atoms with Crippen molar-refractivity contribution in [1.82, 2.24) is 0 Å². The van der Waals surface area contributed by atoms with Gasteiger partial charge in [0, 0.05) is 10.2 Å². The van der Waals surface area contributed by atoms with Gasteiger partial charge in [-0.1, -0.05) is 40.0 Å². The lowest BCUT2D eigenvalue weighted by atomic mass is 10.0. The van der Waals surface area contributed by atoms with Crippen LogP contribution >= 0.6 is 0 Å². The fourth-order valence-electron chi connectivity index (χ4n) is 0.854. The summed E-state index contributed by atoms with van der Waals surface area (Å²) in [7, 11) is 1.36. The van der Waals surface area contributed by atoms with Crippen molar-refractivity contribution in [2.45, 2.75) is 45.1 Å². The van der Waals surface area contributed by atoms with Gasteiger partial charge in [-0.2, -0.15) is 0 Å². The van der Waals surface area contributed by atoms with Crippen LogP contribution in [0, 0.1) is 0 Å². The lowest BCUT2D eigenvalue weighted by Gasteiger charge is -2.20. The van der Waals surface area contributed by atoms with Gasteiger partial charge in [-0.05, 0) is 5.04 Å². The summed E-state index contributed by atoms with van der Waals surface area (Å²) in [5, 5.41) is 0.731. The lowest BCUT2D eigenvalue weighted by Crippen LogP contribution is -2.04. The Morgan fingerprint density at radius 2 is 1.88 bits per heavy atom. The van der Waals surface area contributed by atoms with Crippen LogP contribution in [0.2, 0.25) is 5.04 Å². The molecule has 0 fully saturated rings. The molecule has 0 radical (unpaired) electrons. The average molecular weight is 130 g/mol. The maximum Gasteiger partial charge on any atom is 0.0103 e. The Bertz CT molecular complexity index is 57.4. The summed E-state index contributed by atoms with van der Waals surface area (Å²) in [6.45, 7) is 6.96. The molecular formula is C7H18Si. The normalized spacial score (nSPS) is 18.4. The first-order valence-electron chi connectivity index (χ1n) is 3.62. The maximum atomic E-state index is 2.39. The van der Waals surface area contributed by atoms with E-state index >= 15 is 0 Å². The van der Waals surface area contributed by atoms with E-state index in [0.717, 1.165) is 5.04 Å². The highest BCUT2D eigenvalue weighted by Gasteiger charge is 2.11. The van der Waals surface area contributed by atoms with Gasteiger partial charge in [0.25, 0.3) is 0 Å². The highest BCUT2D eigenvalue weighted by Crippen LogP contribution is 2.30. The minimum absolute atomic E-state index is 0.731. The van der Waals surface area contributed by atoms with Crippen molar-refractivity contribution in [3.63, 3.8) is 0 Å². The summed E-state index contributed by atoms with van der Waals surface area (Å²) >= 11 is 0. The molecule has 0 aromatic heterocycles. The Hall–Kier alpha value is 0.217. The standard InChI is InChI=1S/C7H18Si/c1-4-6-7(3,8)5-2/h4-6H2,1-3,8H3. The van der Waals surface area contributed by atoms with Crippen LogP contribution < -0.4 is 0 Å². The first-order valence-corrected chi connectivity index (χ1v) is 4.62. The SMILES string of the molecule is CCCC(C)([SiH3])CC. The zero-order valence-electron chi connectivity index (χ0n) is 6.62. The topological polar surface area (TPSA) is 0 Å². The molecule has 1 unspecified atom stereocenters. The molecule has 0 saturated carbocycles. The van der Waals surface area contributed by atoms with Crippen molar-refractivity contribution >= 4 is 10.2 Å². The van der Waals surface area contributed by atoms with Crippen LogP contribution in [0.5, 0.6) is 0 Å². The van der Waals surface area contributed by atoms with Crippen LogP contribution in [0.15, 0.2) is 0 Å². The molecule has 0 spiro atoms. The van der Waals surface area contributed by atoms with Gasteiger partial charge in [0.15, 0.2) is 0 Å². The van der Waals surface area contributed by atoms with E-state index in [-0.39, 0.29) is 0 Å². The molecular weight excluding hydrogens is 112 g/mol. The molecule has 0 bridgehead atoms. The molecule has 0 aliphatic rings. The molecule has 0 heterocycles. The number of rotatable bonds is 3. The van der Waals surface area contributed by atoms with Crippen molar-refractivity contribution in [3.05, 3.63) is 0 Å². The van der Waals surface area contributed by atoms with Crippen molar-refractivity contribution < 1.29 is 0 Å². The van der Waals surface area contributed by atoms with Crippen LogP contribution in [-0.4, -0.2) is 10.2 Å². The Morgan fingerprint density at radius 1 is 1.38 bits per heavy atom. The summed E-state index contributed by atoms with van der Waals surface area (Å²) in [6.07, 6.45) is 4.15. The van der Waals surface area contributed by atoms with Gasteiger partial charge in [-0.15, -0.1) is 0 Å². The first kappa shape index (κ1) is 8.22. The molecule has 0 aromatic rings. The average Bonchev–Trinajstić information content (AvgIpc) is 1.67. The van der Waals surface area contributed by atoms with E-state index < -0.39 is 0 Å².